The highest BCUT2D eigenvalue weighted by molar-refractivity contribution is 5.78. The summed E-state index contributed by atoms with van der Waals surface area (Å²) in [4.78, 5) is 14.6. The molecule has 0 radical (unpaired) electrons. The first kappa shape index (κ1) is 21.1. The van der Waals surface area contributed by atoms with Gasteiger partial charge in [-0.2, -0.15) is 13.2 Å². The van der Waals surface area contributed by atoms with Gasteiger partial charge < -0.3 is 5.32 Å². The van der Waals surface area contributed by atoms with Crippen molar-refractivity contribution in [2.45, 2.75) is 63.7 Å². The summed E-state index contributed by atoms with van der Waals surface area (Å²) in [6, 6.07) is 3.93. The number of aromatic nitrogens is 3. The van der Waals surface area contributed by atoms with Crippen LogP contribution in [0.25, 0.3) is 11.0 Å². The molecule has 6 nitrogen and oxygen atoms in total. The number of nitrogens with zero attached hydrogens (tertiary/aromatic N) is 4. The van der Waals surface area contributed by atoms with Gasteiger partial charge in [0.2, 0.25) is 5.91 Å². The zero-order chi connectivity index (χ0) is 21.3. The van der Waals surface area contributed by atoms with Crippen molar-refractivity contribution >= 4 is 16.9 Å². The van der Waals surface area contributed by atoms with Crippen LogP contribution in [-0.2, 0) is 11.0 Å². The Morgan fingerprint density at radius 1 is 1.17 bits per heavy atom. The van der Waals surface area contributed by atoms with Gasteiger partial charge in [-0.05, 0) is 49.8 Å². The van der Waals surface area contributed by atoms with E-state index in [1.54, 1.807) is 4.68 Å². The van der Waals surface area contributed by atoms with Gasteiger partial charge in [0.15, 0.2) is 0 Å². The van der Waals surface area contributed by atoms with Crippen LogP contribution >= 0.6 is 0 Å². The summed E-state index contributed by atoms with van der Waals surface area (Å²) in [6.07, 6.45) is 1.84. The quantitative estimate of drug-likeness (QED) is 0.813. The van der Waals surface area contributed by atoms with Gasteiger partial charge in [-0.3, -0.25) is 9.69 Å². The highest BCUT2D eigenvalue weighted by atomic mass is 19.4. The van der Waals surface area contributed by atoms with Crippen molar-refractivity contribution in [1.29, 1.82) is 0 Å². The Morgan fingerprint density at radius 2 is 1.90 bits per heavy atom. The molecular weight excluding hydrogens is 395 g/mol. The van der Waals surface area contributed by atoms with Crippen LogP contribution in [0.1, 0.15) is 57.1 Å². The van der Waals surface area contributed by atoms with Gasteiger partial charge in [0.25, 0.3) is 0 Å². The van der Waals surface area contributed by atoms with E-state index in [-0.39, 0.29) is 23.5 Å². The van der Waals surface area contributed by atoms with Crippen molar-refractivity contribution < 1.29 is 18.0 Å². The van der Waals surface area contributed by atoms with Crippen molar-refractivity contribution in [2.24, 2.45) is 5.92 Å². The lowest BCUT2D eigenvalue weighted by Gasteiger charge is -2.33. The molecule has 1 aliphatic carbocycles. The largest absolute Gasteiger partial charge is 0.416 e. The predicted molar refractivity (Wildman–Crippen MR) is 107 cm³/mol. The van der Waals surface area contributed by atoms with Crippen molar-refractivity contribution in [3.63, 3.8) is 0 Å². The van der Waals surface area contributed by atoms with Crippen LogP contribution in [0.3, 0.4) is 0 Å². The monoisotopic (exact) mass is 423 g/mol. The van der Waals surface area contributed by atoms with E-state index in [4.69, 9.17) is 0 Å². The van der Waals surface area contributed by atoms with Crippen LogP contribution < -0.4 is 5.32 Å². The summed E-state index contributed by atoms with van der Waals surface area (Å²) < 4.78 is 40.4. The van der Waals surface area contributed by atoms with E-state index >= 15 is 0 Å². The fraction of sp³-hybridized carbons (Fsp3) is 0.667. The molecule has 2 atom stereocenters. The minimum atomic E-state index is -4.39. The summed E-state index contributed by atoms with van der Waals surface area (Å²) >= 11 is 0. The minimum absolute atomic E-state index is 0.0735. The van der Waals surface area contributed by atoms with Crippen molar-refractivity contribution in [3.8, 4) is 0 Å². The predicted octanol–water partition coefficient (Wildman–Crippen LogP) is 3.78. The zero-order valence-corrected chi connectivity index (χ0v) is 17.2. The molecule has 1 saturated heterocycles. The van der Waals surface area contributed by atoms with Crippen LogP contribution in [0.15, 0.2) is 18.2 Å². The van der Waals surface area contributed by atoms with Crippen LogP contribution in [-0.4, -0.2) is 51.5 Å². The number of alkyl halides is 3. The van der Waals surface area contributed by atoms with Crippen LogP contribution in [0.5, 0.6) is 0 Å². The molecule has 0 spiro atoms. The van der Waals surface area contributed by atoms with Crippen molar-refractivity contribution in [3.05, 3.63) is 23.8 Å². The van der Waals surface area contributed by atoms with Crippen LogP contribution in [0.4, 0.5) is 13.2 Å². The number of fused-ring (bicyclic) bond motifs is 1. The van der Waals surface area contributed by atoms with Crippen molar-refractivity contribution in [1.82, 2.24) is 25.2 Å². The maximum Gasteiger partial charge on any atom is 0.416 e. The standard InChI is InChI=1S/C21H28F3N5O/c1-14-4-2-3-5-17(14)25-20(30)13-28-10-8-16(9-11-28)29-19-7-6-15(21(22,23)24)12-18(19)26-27-29/h6-7,12,14,16-17H,2-5,8-11,13H2,1H3,(H,25,30)/t14-,17+/m0/s1. The number of carbonyl (C=O) groups is 1. The Kier molecular flexibility index (Phi) is 5.99. The molecule has 0 unspecified atom stereocenters. The second-order valence-electron chi connectivity index (χ2n) is 8.68. The fourth-order valence-corrected chi connectivity index (χ4v) is 4.70. The smallest absolute Gasteiger partial charge is 0.352 e. The molecule has 4 rings (SSSR count). The summed E-state index contributed by atoms with van der Waals surface area (Å²) in [5, 5.41) is 11.3. The molecule has 1 aromatic carbocycles. The van der Waals surface area contributed by atoms with E-state index in [9.17, 15) is 18.0 Å². The molecule has 9 heteroatoms. The number of benzene rings is 1. The maximum atomic E-state index is 12.9. The van der Waals surface area contributed by atoms with Gasteiger partial charge in [-0.15, -0.1) is 5.10 Å². The molecule has 2 heterocycles. The summed E-state index contributed by atoms with van der Waals surface area (Å²) in [6.45, 7) is 4.10. The Hall–Kier alpha value is -2.16. The molecule has 1 aliphatic heterocycles. The third kappa shape index (κ3) is 4.61. The molecule has 0 bridgehead atoms. The minimum Gasteiger partial charge on any atom is -0.352 e. The number of nitrogens with one attached hydrogen (secondary N) is 1. The first-order valence-corrected chi connectivity index (χ1v) is 10.7. The number of piperidine rings is 1. The van der Waals surface area contributed by atoms with Crippen LogP contribution in [0.2, 0.25) is 0 Å². The maximum absolute atomic E-state index is 12.9. The Morgan fingerprint density at radius 3 is 2.60 bits per heavy atom. The fourth-order valence-electron chi connectivity index (χ4n) is 4.70. The number of hydrogen-bond acceptors (Lipinski definition) is 4. The zero-order valence-electron chi connectivity index (χ0n) is 17.2. The second-order valence-corrected chi connectivity index (χ2v) is 8.68. The highest BCUT2D eigenvalue weighted by Gasteiger charge is 2.32. The van der Waals surface area contributed by atoms with E-state index in [0.29, 0.717) is 18.0 Å². The number of likely N-dealkylation sites (tertiary alicyclic amines) is 1. The molecular formula is C21H28F3N5O. The second kappa shape index (κ2) is 8.53. The molecule has 30 heavy (non-hydrogen) atoms. The summed E-state index contributed by atoms with van der Waals surface area (Å²) in [5.74, 6) is 0.616. The van der Waals surface area contributed by atoms with E-state index in [0.717, 1.165) is 44.5 Å². The Labute approximate surface area is 173 Å². The molecule has 1 aromatic heterocycles. The lowest BCUT2D eigenvalue weighted by Crippen LogP contribution is -2.47. The summed E-state index contributed by atoms with van der Waals surface area (Å²) in [5.41, 5.74) is 0.161. The molecule has 2 aromatic rings. The van der Waals surface area contributed by atoms with Crippen LogP contribution in [0, 0.1) is 5.92 Å². The normalized spacial score (nSPS) is 24.3. The van der Waals surface area contributed by atoms with Gasteiger partial charge in [0.05, 0.1) is 23.7 Å². The molecule has 2 aliphatic rings. The first-order chi connectivity index (χ1) is 14.3. The van der Waals surface area contributed by atoms with E-state index in [2.05, 4.69) is 27.5 Å². The Balaban J connectivity index is 1.33. The lowest BCUT2D eigenvalue weighted by molar-refractivity contribution is -0.137. The lowest BCUT2D eigenvalue weighted by atomic mass is 9.86. The third-order valence-electron chi connectivity index (χ3n) is 6.53. The first-order valence-electron chi connectivity index (χ1n) is 10.7. The highest BCUT2D eigenvalue weighted by Crippen LogP contribution is 2.32. The number of carbonyl (C=O) groups excluding carboxylic acids is 1. The molecule has 164 valence electrons. The van der Waals surface area contributed by atoms with E-state index in [1.165, 1.54) is 25.3 Å². The molecule has 1 N–H and O–H groups in total. The van der Waals surface area contributed by atoms with E-state index in [1.807, 2.05) is 0 Å². The summed E-state index contributed by atoms with van der Waals surface area (Å²) in [7, 11) is 0. The third-order valence-corrected chi connectivity index (χ3v) is 6.53. The van der Waals surface area contributed by atoms with Gasteiger partial charge in [0, 0.05) is 19.1 Å². The average molecular weight is 423 g/mol. The SMILES string of the molecule is C[C@H]1CCCC[C@H]1NC(=O)CN1CCC(n2nnc3cc(C(F)(F)F)ccc32)CC1. The number of halogens is 3. The Bertz CT molecular complexity index is 888. The van der Waals surface area contributed by atoms with E-state index < -0.39 is 11.7 Å². The molecule has 1 amide bonds. The number of hydrogen-bond donors (Lipinski definition) is 1. The van der Waals surface area contributed by atoms with Crippen molar-refractivity contribution in [2.75, 3.05) is 19.6 Å². The number of amides is 1. The van der Waals surface area contributed by atoms with Gasteiger partial charge >= 0.3 is 6.18 Å². The average Bonchev–Trinajstić information content (AvgIpc) is 3.13. The number of rotatable bonds is 4. The molecule has 1 saturated carbocycles. The van der Waals surface area contributed by atoms with Gasteiger partial charge in [-0.25, -0.2) is 4.68 Å². The van der Waals surface area contributed by atoms with Gasteiger partial charge in [-0.1, -0.05) is 25.0 Å². The topological polar surface area (TPSA) is 63.1 Å². The van der Waals surface area contributed by atoms with Gasteiger partial charge in [0.1, 0.15) is 5.52 Å². The molecule has 2 fully saturated rings.